The molecule has 0 fully saturated rings. The van der Waals surface area contributed by atoms with Crippen molar-refractivity contribution in [2.24, 2.45) is 10.9 Å². The Morgan fingerprint density at radius 3 is 1.93 bits per heavy atom. The van der Waals surface area contributed by atoms with E-state index in [9.17, 15) is 8.78 Å². The topological polar surface area (TPSA) is 12.4 Å². The molecule has 0 aromatic heterocycles. The Morgan fingerprint density at radius 1 is 1.21 bits per heavy atom. The van der Waals surface area contributed by atoms with Gasteiger partial charge in [0.1, 0.15) is 0 Å². The molecule has 0 unspecified atom stereocenters. The van der Waals surface area contributed by atoms with E-state index in [1.54, 1.807) is 20.9 Å². The Bertz CT molecular complexity index is 236. The zero-order valence-electron chi connectivity index (χ0n) is 9.56. The van der Waals surface area contributed by atoms with Crippen LogP contribution in [0.4, 0.5) is 8.78 Å². The lowest BCUT2D eigenvalue weighted by Gasteiger charge is -2.13. The fourth-order valence-corrected chi connectivity index (χ4v) is 1.21. The summed E-state index contributed by atoms with van der Waals surface area (Å²) in [7, 11) is 1.66. The van der Waals surface area contributed by atoms with E-state index in [1.807, 2.05) is 13.8 Å². The molecule has 0 atom stereocenters. The molecule has 0 heterocycles. The van der Waals surface area contributed by atoms with Gasteiger partial charge in [0.05, 0.1) is 0 Å². The van der Waals surface area contributed by atoms with Gasteiger partial charge in [-0.1, -0.05) is 19.4 Å². The Kier molecular flexibility index (Phi) is 5.58. The quantitative estimate of drug-likeness (QED) is 0.488. The van der Waals surface area contributed by atoms with Crippen LogP contribution in [-0.2, 0) is 0 Å². The molecule has 0 bridgehead atoms. The van der Waals surface area contributed by atoms with Crippen molar-refractivity contribution in [2.45, 2.75) is 40.5 Å². The first-order chi connectivity index (χ1) is 6.40. The summed E-state index contributed by atoms with van der Waals surface area (Å²) in [4.78, 5) is 4.04. The largest absolute Gasteiger partial charge is 0.297 e. The number of allylic oxidation sites excluding steroid dienone is 2. The van der Waals surface area contributed by atoms with Crippen molar-refractivity contribution in [1.29, 1.82) is 0 Å². The fourth-order valence-electron chi connectivity index (χ4n) is 1.21. The van der Waals surface area contributed by atoms with Crippen LogP contribution in [0.15, 0.2) is 16.1 Å². The molecule has 0 amide bonds. The zero-order chi connectivity index (χ0) is 11.3. The zero-order valence-corrected chi connectivity index (χ0v) is 9.56. The van der Waals surface area contributed by atoms with Gasteiger partial charge in [-0.25, -0.2) is 8.78 Å². The third kappa shape index (κ3) is 3.99. The van der Waals surface area contributed by atoms with E-state index >= 15 is 0 Å². The van der Waals surface area contributed by atoms with E-state index < -0.39 is 6.43 Å². The van der Waals surface area contributed by atoms with Crippen molar-refractivity contribution in [2.75, 3.05) is 7.05 Å². The van der Waals surface area contributed by atoms with Crippen LogP contribution in [0.1, 0.15) is 34.1 Å². The summed E-state index contributed by atoms with van der Waals surface area (Å²) in [5, 5.41) is 0. The van der Waals surface area contributed by atoms with Gasteiger partial charge >= 0.3 is 0 Å². The van der Waals surface area contributed by atoms with Crippen LogP contribution in [0.3, 0.4) is 0 Å². The maximum atomic E-state index is 12.6. The molecule has 0 aliphatic rings. The lowest BCUT2D eigenvalue weighted by atomic mass is 9.97. The van der Waals surface area contributed by atoms with E-state index in [0.29, 0.717) is 12.0 Å². The highest BCUT2D eigenvalue weighted by molar-refractivity contribution is 5.88. The van der Waals surface area contributed by atoms with Crippen molar-refractivity contribution in [3.8, 4) is 0 Å². The monoisotopic (exact) mass is 203 g/mol. The van der Waals surface area contributed by atoms with Crippen LogP contribution in [0.25, 0.3) is 0 Å². The molecule has 1 nitrogen and oxygen atoms in total. The van der Waals surface area contributed by atoms with E-state index in [1.165, 1.54) is 0 Å². The first-order valence-corrected chi connectivity index (χ1v) is 4.80. The molecular formula is C11H19F2N. The summed E-state index contributed by atoms with van der Waals surface area (Å²) >= 11 is 0. The normalized spacial score (nSPS) is 12.5. The molecular weight excluding hydrogens is 184 g/mol. The Morgan fingerprint density at radius 2 is 1.71 bits per heavy atom. The highest BCUT2D eigenvalue weighted by Gasteiger charge is 2.16. The van der Waals surface area contributed by atoms with Crippen molar-refractivity contribution in [3.05, 3.63) is 11.1 Å². The van der Waals surface area contributed by atoms with Crippen molar-refractivity contribution in [1.82, 2.24) is 0 Å². The molecule has 14 heavy (non-hydrogen) atoms. The van der Waals surface area contributed by atoms with Gasteiger partial charge in [-0.3, -0.25) is 4.99 Å². The van der Waals surface area contributed by atoms with Gasteiger partial charge < -0.3 is 0 Å². The molecule has 82 valence electrons. The number of halogens is 2. The Balaban J connectivity index is 4.71. The number of nitrogens with zero attached hydrogens (tertiary/aromatic N) is 1. The van der Waals surface area contributed by atoms with Crippen LogP contribution in [0, 0.1) is 5.92 Å². The minimum atomic E-state index is -2.37. The van der Waals surface area contributed by atoms with Crippen LogP contribution >= 0.6 is 0 Å². The molecule has 3 heteroatoms. The summed E-state index contributed by atoms with van der Waals surface area (Å²) in [6.07, 6.45) is -2.07. The second-order valence-corrected chi connectivity index (χ2v) is 3.87. The van der Waals surface area contributed by atoms with Crippen LogP contribution in [-0.4, -0.2) is 19.2 Å². The molecule has 0 radical (unpaired) electrons. The lowest BCUT2D eigenvalue weighted by Crippen LogP contribution is -2.12. The molecule has 0 aromatic carbocycles. The lowest BCUT2D eigenvalue weighted by molar-refractivity contribution is 0.186. The number of hydrogen-bond acceptors (Lipinski definition) is 1. The average molecular weight is 203 g/mol. The number of alkyl halides is 2. The minimum absolute atomic E-state index is 0.208. The predicted octanol–water partition coefficient (Wildman–Crippen LogP) is 3.70. The Labute approximate surface area is 84.9 Å². The Hall–Kier alpha value is -0.730. The molecule has 0 aromatic rings. The maximum Gasteiger partial charge on any atom is 0.260 e. The van der Waals surface area contributed by atoms with Crippen LogP contribution in [0.5, 0.6) is 0 Å². The number of aliphatic imine (C=N–C) groups is 1. The van der Waals surface area contributed by atoms with Crippen molar-refractivity contribution in [3.63, 3.8) is 0 Å². The highest BCUT2D eigenvalue weighted by atomic mass is 19.3. The molecule has 0 saturated carbocycles. The van der Waals surface area contributed by atoms with Gasteiger partial charge in [0.2, 0.25) is 0 Å². The van der Waals surface area contributed by atoms with Crippen LogP contribution < -0.4 is 0 Å². The molecule has 0 aliphatic heterocycles. The van der Waals surface area contributed by atoms with E-state index in [-0.39, 0.29) is 11.5 Å². The van der Waals surface area contributed by atoms with Gasteiger partial charge in [0.15, 0.2) is 0 Å². The number of rotatable bonds is 4. The van der Waals surface area contributed by atoms with Gasteiger partial charge in [-0.2, -0.15) is 0 Å². The van der Waals surface area contributed by atoms with E-state index in [0.717, 1.165) is 5.71 Å². The van der Waals surface area contributed by atoms with Crippen LogP contribution in [0.2, 0.25) is 0 Å². The average Bonchev–Trinajstić information content (AvgIpc) is 2.03. The minimum Gasteiger partial charge on any atom is -0.297 e. The summed E-state index contributed by atoms with van der Waals surface area (Å²) in [6, 6.07) is 0. The summed E-state index contributed by atoms with van der Waals surface area (Å²) in [5.41, 5.74) is 1.74. The second kappa shape index (κ2) is 5.89. The summed E-state index contributed by atoms with van der Waals surface area (Å²) in [6.45, 7) is 7.37. The second-order valence-electron chi connectivity index (χ2n) is 3.87. The molecule has 0 N–H and O–H groups in total. The maximum absolute atomic E-state index is 12.6. The summed E-state index contributed by atoms with van der Waals surface area (Å²) in [5.74, 6) is 0.230. The molecule has 0 spiro atoms. The highest BCUT2D eigenvalue weighted by Crippen LogP contribution is 2.20. The van der Waals surface area contributed by atoms with Gasteiger partial charge in [-0.05, 0) is 25.3 Å². The number of hydrogen-bond donors (Lipinski definition) is 0. The third-order valence-corrected chi connectivity index (χ3v) is 2.23. The SMILES string of the molecule is CN=C(CC(=C(C)C)C(F)F)C(C)C. The predicted molar refractivity (Wildman–Crippen MR) is 57.2 cm³/mol. The smallest absolute Gasteiger partial charge is 0.260 e. The van der Waals surface area contributed by atoms with Gasteiger partial charge in [-0.15, -0.1) is 0 Å². The molecule has 0 aliphatic carbocycles. The third-order valence-electron chi connectivity index (χ3n) is 2.23. The first-order valence-electron chi connectivity index (χ1n) is 4.80. The van der Waals surface area contributed by atoms with Gasteiger partial charge in [0, 0.05) is 19.2 Å². The first kappa shape index (κ1) is 13.3. The van der Waals surface area contributed by atoms with Gasteiger partial charge in [0.25, 0.3) is 6.43 Å². The van der Waals surface area contributed by atoms with Crippen molar-refractivity contribution < 1.29 is 8.78 Å². The molecule has 0 rings (SSSR count). The standard InChI is InChI=1S/C11H19F2N/c1-7(2)9(11(12)13)6-10(14-5)8(3)4/h8,11H,6H2,1-5H3. The van der Waals surface area contributed by atoms with E-state index in [2.05, 4.69) is 4.99 Å². The summed E-state index contributed by atoms with van der Waals surface area (Å²) < 4.78 is 25.2. The van der Waals surface area contributed by atoms with Crippen molar-refractivity contribution >= 4 is 5.71 Å². The van der Waals surface area contributed by atoms with E-state index in [4.69, 9.17) is 0 Å². The molecule has 0 saturated heterocycles. The fraction of sp³-hybridized carbons (Fsp3) is 0.727.